The maximum atomic E-state index is 12.1. The number of aliphatic imine (C=N–C) groups is 1. The molecule has 2 N–H and O–H groups in total. The van der Waals surface area contributed by atoms with Crippen LogP contribution in [0.3, 0.4) is 0 Å². The summed E-state index contributed by atoms with van der Waals surface area (Å²) in [6.45, 7) is 0. The summed E-state index contributed by atoms with van der Waals surface area (Å²) in [5.74, 6) is 1.15. The highest BCUT2D eigenvalue weighted by Gasteiger charge is 2.54. The summed E-state index contributed by atoms with van der Waals surface area (Å²) in [6.07, 6.45) is 6.28. The summed E-state index contributed by atoms with van der Waals surface area (Å²) in [7, 11) is 0. The number of nitrogens with two attached hydrogens (primary N) is 1. The smallest absolute Gasteiger partial charge is 0.346 e. The van der Waals surface area contributed by atoms with Crippen LogP contribution in [0.2, 0.25) is 0 Å². The van der Waals surface area contributed by atoms with Gasteiger partial charge in [0.2, 0.25) is 0 Å². The van der Waals surface area contributed by atoms with Crippen LogP contribution in [0.1, 0.15) is 50.0 Å². The number of carbonyl (C=O) groups excluding carboxylic acids is 1. The van der Waals surface area contributed by atoms with Gasteiger partial charge in [0.25, 0.3) is 0 Å². The number of carbonyl (C=O) groups is 1. The summed E-state index contributed by atoms with van der Waals surface area (Å²) in [6, 6.07) is 11.0. The monoisotopic (exact) mass is 283 g/mol. The Morgan fingerprint density at radius 2 is 1.76 bits per heavy atom. The summed E-state index contributed by atoms with van der Waals surface area (Å²) in [4.78, 5) is 18.2. The van der Waals surface area contributed by atoms with E-state index in [0.29, 0.717) is 17.8 Å². The van der Waals surface area contributed by atoms with Gasteiger partial charge in [0.1, 0.15) is 11.4 Å². The molecule has 0 bridgehead atoms. The van der Waals surface area contributed by atoms with Crippen LogP contribution in [0.25, 0.3) is 0 Å². The van der Waals surface area contributed by atoms with E-state index >= 15 is 0 Å². The lowest BCUT2D eigenvalue weighted by Gasteiger charge is -2.43. The Hall–Kier alpha value is -1.84. The summed E-state index contributed by atoms with van der Waals surface area (Å²) in [5.41, 5.74) is 7.30. The minimum atomic E-state index is -0.274. The molecule has 0 radical (unpaired) electrons. The van der Waals surface area contributed by atoms with Gasteiger partial charge in [-0.25, -0.2) is 4.79 Å². The van der Waals surface area contributed by atoms with Crippen molar-refractivity contribution in [2.75, 3.05) is 0 Å². The molecule has 1 heterocycles. The van der Waals surface area contributed by atoms with Gasteiger partial charge < -0.3 is 10.6 Å². The van der Waals surface area contributed by atoms with Crippen LogP contribution >= 0.6 is 0 Å². The maximum absolute atomic E-state index is 12.1. The second-order valence-electron chi connectivity index (χ2n) is 6.60. The highest BCUT2D eigenvalue weighted by molar-refractivity contribution is 6.06. The van der Waals surface area contributed by atoms with Crippen molar-refractivity contribution in [3.05, 3.63) is 35.9 Å². The Morgan fingerprint density at radius 3 is 2.38 bits per heavy atom. The molecule has 4 rings (SSSR count). The van der Waals surface area contributed by atoms with Gasteiger partial charge in [0.05, 0.1) is 0 Å². The average molecular weight is 283 g/mol. The van der Waals surface area contributed by atoms with Crippen molar-refractivity contribution in [3.63, 3.8) is 0 Å². The first-order chi connectivity index (χ1) is 10.2. The van der Waals surface area contributed by atoms with Crippen LogP contribution in [0.4, 0.5) is 4.79 Å². The minimum absolute atomic E-state index is 0.104. The van der Waals surface area contributed by atoms with E-state index in [2.05, 4.69) is 35.3 Å². The van der Waals surface area contributed by atoms with E-state index < -0.39 is 0 Å². The maximum Gasteiger partial charge on any atom is 0.346 e. The van der Waals surface area contributed by atoms with Crippen LogP contribution in [0.5, 0.6) is 0 Å². The van der Waals surface area contributed by atoms with Crippen LogP contribution in [0.15, 0.2) is 35.3 Å². The predicted molar refractivity (Wildman–Crippen MR) is 82.3 cm³/mol. The quantitative estimate of drug-likeness (QED) is 0.907. The topological polar surface area (TPSA) is 58.7 Å². The van der Waals surface area contributed by atoms with Crippen LogP contribution in [0, 0.1) is 0 Å². The lowest BCUT2D eigenvalue weighted by molar-refractivity contribution is 0.131. The van der Waals surface area contributed by atoms with Crippen molar-refractivity contribution in [3.8, 4) is 0 Å². The summed E-state index contributed by atoms with van der Waals surface area (Å²) in [5, 5.41) is 0. The second-order valence-corrected chi connectivity index (χ2v) is 6.60. The third kappa shape index (κ3) is 1.96. The lowest BCUT2D eigenvalue weighted by atomic mass is 9.73. The number of urea groups is 1. The zero-order valence-corrected chi connectivity index (χ0v) is 12.2. The van der Waals surface area contributed by atoms with E-state index in [9.17, 15) is 4.79 Å². The first-order valence-electron chi connectivity index (χ1n) is 7.93. The first-order valence-corrected chi connectivity index (χ1v) is 7.93. The molecule has 1 spiro atoms. The third-order valence-electron chi connectivity index (χ3n) is 5.36. The number of nitrogens with zero attached hydrogens (tertiary/aromatic N) is 2. The molecule has 2 aliphatic carbocycles. The van der Waals surface area contributed by atoms with Gasteiger partial charge >= 0.3 is 6.03 Å². The number of amides is 2. The van der Waals surface area contributed by atoms with Crippen molar-refractivity contribution >= 4 is 11.9 Å². The fourth-order valence-electron chi connectivity index (χ4n) is 4.06. The Kier molecular flexibility index (Phi) is 2.81. The van der Waals surface area contributed by atoms with Crippen molar-refractivity contribution in [1.29, 1.82) is 0 Å². The number of amidine groups is 1. The van der Waals surface area contributed by atoms with Gasteiger partial charge in [-0.1, -0.05) is 30.3 Å². The molecule has 0 aromatic heterocycles. The Balaban J connectivity index is 1.56. The van der Waals surface area contributed by atoms with Crippen LogP contribution in [-0.4, -0.2) is 28.3 Å². The third-order valence-corrected chi connectivity index (χ3v) is 5.36. The van der Waals surface area contributed by atoms with Gasteiger partial charge in [-0.3, -0.25) is 0 Å². The Morgan fingerprint density at radius 1 is 1.10 bits per heavy atom. The number of hydrogen-bond donors (Lipinski definition) is 1. The zero-order valence-electron chi connectivity index (χ0n) is 12.2. The van der Waals surface area contributed by atoms with E-state index in [4.69, 9.17) is 5.73 Å². The number of hydrogen-bond acceptors (Lipinski definition) is 2. The molecule has 1 aromatic carbocycles. The van der Waals surface area contributed by atoms with Gasteiger partial charge in [-0.15, -0.1) is 0 Å². The minimum Gasteiger partial charge on any atom is -0.385 e. The molecule has 0 atom stereocenters. The molecule has 1 aliphatic heterocycles. The van der Waals surface area contributed by atoms with E-state index in [1.54, 1.807) is 0 Å². The largest absolute Gasteiger partial charge is 0.385 e. The molecule has 2 amide bonds. The predicted octanol–water partition coefficient (Wildman–Crippen LogP) is 3.04. The molecule has 110 valence electrons. The Labute approximate surface area is 125 Å². The van der Waals surface area contributed by atoms with Gasteiger partial charge in [0.15, 0.2) is 0 Å². The molecule has 1 aromatic rings. The highest BCUT2D eigenvalue weighted by atomic mass is 16.2. The normalized spacial score (nSPS) is 32.6. The summed E-state index contributed by atoms with van der Waals surface area (Å²) >= 11 is 0. The van der Waals surface area contributed by atoms with Crippen LogP contribution < -0.4 is 5.73 Å². The van der Waals surface area contributed by atoms with E-state index in [1.807, 2.05) is 4.90 Å². The van der Waals surface area contributed by atoms with Crippen LogP contribution in [-0.2, 0) is 0 Å². The van der Waals surface area contributed by atoms with Crippen molar-refractivity contribution in [2.45, 2.75) is 56.0 Å². The van der Waals surface area contributed by atoms with Crippen molar-refractivity contribution < 1.29 is 4.79 Å². The fraction of sp³-hybridized carbons (Fsp3) is 0.529. The molecule has 0 saturated heterocycles. The van der Waals surface area contributed by atoms with E-state index in [0.717, 1.165) is 38.5 Å². The molecular weight excluding hydrogens is 262 g/mol. The summed E-state index contributed by atoms with van der Waals surface area (Å²) < 4.78 is 0. The van der Waals surface area contributed by atoms with Gasteiger partial charge in [0, 0.05) is 6.04 Å². The highest BCUT2D eigenvalue weighted by Crippen LogP contribution is 2.47. The fourth-order valence-corrected chi connectivity index (χ4v) is 4.06. The lowest BCUT2D eigenvalue weighted by Crippen LogP contribution is -2.56. The van der Waals surface area contributed by atoms with Crippen molar-refractivity contribution in [1.82, 2.24) is 4.90 Å². The van der Waals surface area contributed by atoms with E-state index in [1.165, 1.54) is 5.56 Å². The van der Waals surface area contributed by atoms with Gasteiger partial charge in [-0.05, 0) is 50.0 Å². The number of rotatable bonds is 2. The van der Waals surface area contributed by atoms with Crippen molar-refractivity contribution in [2.24, 2.45) is 10.7 Å². The van der Waals surface area contributed by atoms with Gasteiger partial charge in [-0.2, -0.15) is 4.99 Å². The number of benzene rings is 1. The molecular formula is C17H21N3O. The second kappa shape index (κ2) is 4.58. The molecule has 0 unspecified atom stereocenters. The Bertz CT molecular complexity index is 583. The molecule has 2 saturated carbocycles. The molecule has 4 nitrogen and oxygen atoms in total. The average Bonchev–Trinajstić information content (AvgIpc) is 3.30. The molecule has 21 heavy (non-hydrogen) atoms. The standard InChI is InChI=1S/C17H21N3O/c18-15-17(20(14-6-7-14)16(21)19-15)10-8-13(9-11-17)12-4-2-1-3-5-12/h1-5,13-14H,6-11H2,(H2,18,19,21). The first kappa shape index (κ1) is 12.9. The molecule has 4 heteroatoms. The molecule has 2 fully saturated rings. The van der Waals surface area contributed by atoms with E-state index in [-0.39, 0.29) is 11.6 Å². The SMILES string of the molecule is NC1=NC(=O)N(C2CC2)C12CCC(c1ccccc1)CC2. The zero-order chi connectivity index (χ0) is 14.4. The molecule has 3 aliphatic rings.